The molecule has 0 aliphatic carbocycles. The van der Waals surface area contributed by atoms with Gasteiger partial charge in [0, 0.05) is 24.3 Å². The molecule has 0 radical (unpaired) electrons. The van der Waals surface area contributed by atoms with Crippen LogP contribution in [0.1, 0.15) is 27.9 Å². The Hall–Kier alpha value is -4.40. The second-order valence-electron chi connectivity index (χ2n) is 6.90. The second-order valence-corrected chi connectivity index (χ2v) is 6.90. The zero-order chi connectivity index (χ0) is 22.0. The number of hydrogen-bond donors (Lipinski definition) is 3. The molecule has 0 atom stereocenters. The standard InChI is InChI=1S/C23H18N6O2/c24-12-16-20(14-6-8-15(9-7-14)23(31)27-10-3-11-30)17(13-25)22-28-18-4-1-2-5-19(18)29(22)21(16)26/h1-2,4-9,30H,3,10-11,26H2,(H,27,31). The van der Waals surface area contributed by atoms with Gasteiger partial charge in [0.1, 0.15) is 29.1 Å². The maximum atomic E-state index is 12.2. The third kappa shape index (κ3) is 3.31. The van der Waals surface area contributed by atoms with Gasteiger partial charge in [-0.15, -0.1) is 0 Å². The van der Waals surface area contributed by atoms with Gasteiger partial charge in [0.05, 0.1) is 11.0 Å². The van der Waals surface area contributed by atoms with E-state index in [-0.39, 0.29) is 29.5 Å². The van der Waals surface area contributed by atoms with E-state index < -0.39 is 0 Å². The highest BCUT2D eigenvalue weighted by molar-refractivity contribution is 5.96. The van der Waals surface area contributed by atoms with Crippen molar-refractivity contribution < 1.29 is 9.90 Å². The molecule has 152 valence electrons. The Morgan fingerprint density at radius 1 is 1.10 bits per heavy atom. The summed E-state index contributed by atoms with van der Waals surface area (Å²) in [5.41, 5.74) is 9.92. The lowest BCUT2D eigenvalue weighted by Gasteiger charge is -2.13. The summed E-state index contributed by atoms with van der Waals surface area (Å²) >= 11 is 0. The van der Waals surface area contributed by atoms with E-state index in [0.717, 1.165) is 0 Å². The van der Waals surface area contributed by atoms with Crippen LogP contribution in [0.2, 0.25) is 0 Å². The van der Waals surface area contributed by atoms with Gasteiger partial charge in [0.25, 0.3) is 5.91 Å². The van der Waals surface area contributed by atoms with Crippen molar-refractivity contribution in [2.24, 2.45) is 0 Å². The third-order valence-corrected chi connectivity index (χ3v) is 5.06. The molecular formula is C23H18N6O2. The van der Waals surface area contributed by atoms with Crippen LogP contribution < -0.4 is 11.1 Å². The molecule has 31 heavy (non-hydrogen) atoms. The number of aromatic nitrogens is 2. The first kappa shape index (κ1) is 19.9. The number of carbonyl (C=O) groups is 1. The zero-order valence-electron chi connectivity index (χ0n) is 16.5. The van der Waals surface area contributed by atoms with Crippen LogP contribution in [0.25, 0.3) is 27.8 Å². The summed E-state index contributed by atoms with van der Waals surface area (Å²) in [6, 6.07) is 18.2. The highest BCUT2D eigenvalue weighted by Gasteiger charge is 2.22. The summed E-state index contributed by atoms with van der Waals surface area (Å²) in [5, 5.41) is 31.3. The number of rotatable bonds is 5. The minimum atomic E-state index is -0.268. The fourth-order valence-electron chi connectivity index (χ4n) is 3.59. The fourth-order valence-corrected chi connectivity index (χ4v) is 3.59. The molecule has 2 aromatic carbocycles. The first-order chi connectivity index (χ1) is 15.1. The molecule has 0 fully saturated rings. The number of nitrogens with two attached hydrogens (primary N) is 1. The monoisotopic (exact) mass is 410 g/mol. The lowest BCUT2D eigenvalue weighted by Crippen LogP contribution is -2.24. The summed E-state index contributed by atoms with van der Waals surface area (Å²) in [7, 11) is 0. The van der Waals surface area contributed by atoms with Crippen LogP contribution in [0.5, 0.6) is 0 Å². The van der Waals surface area contributed by atoms with Gasteiger partial charge in [0.15, 0.2) is 5.65 Å². The number of pyridine rings is 1. The van der Waals surface area contributed by atoms with Crippen LogP contribution in [0, 0.1) is 22.7 Å². The maximum absolute atomic E-state index is 12.2. The van der Waals surface area contributed by atoms with E-state index in [9.17, 15) is 15.3 Å². The van der Waals surface area contributed by atoms with Crippen molar-refractivity contribution in [2.75, 3.05) is 18.9 Å². The Balaban J connectivity index is 1.88. The molecule has 8 nitrogen and oxygen atoms in total. The number of aliphatic hydroxyl groups is 1. The van der Waals surface area contributed by atoms with E-state index in [1.54, 1.807) is 28.7 Å². The van der Waals surface area contributed by atoms with Crippen molar-refractivity contribution in [3.8, 4) is 23.3 Å². The van der Waals surface area contributed by atoms with Crippen molar-refractivity contribution in [3.05, 3.63) is 65.2 Å². The molecule has 4 rings (SSSR count). The van der Waals surface area contributed by atoms with E-state index in [1.165, 1.54) is 0 Å². The number of imidazole rings is 1. The molecule has 0 aliphatic heterocycles. The molecule has 8 heteroatoms. The summed E-state index contributed by atoms with van der Waals surface area (Å²) in [4.78, 5) is 16.8. The molecule has 2 heterocycles. The average molecular weight is 410 g/mol. The molecule has 0 aliphatic rings. The Labute approximate surface area is 177 Å². The smallest absolute Gasteiger partial charge is 0.251 e. The van der Waals surface area contributed by atoms with Crippen molar-refractivity contribution >= 4 is 28.4 Å². The zero-order valence-corrected chi connectivity index (χ0v) is 16.5. The number of para-hydroxylation sites is 2. The number of fused-ring (bicyclic) bond motifs is 3. The number of carbonyl (C=O) groups excluding carboxylic acids is 1. The van der Waals surface area contributed by atoms with E-state index in [4.69, 9.17) is 10.8 Å². The summed E-state index contributed by atoms with van der Waals surface area (Å²) in [6.07, 6.45) is 0.471. The van der Waals surface area contributed by atoms with Gasteiger partial charge in [-0.25, -0.2) is 4.98 Å². The Bertz CT molecular complexity index is 1390. The van der Waals surface area contributed by atoms with Crippen molar-refractivity contribution in [1.29, 1.82) is 10.5 Å². The van der Waals surface area contributed by atoms with Crippen molar-refractivity contribution in [2.45, 2.75) is 6.42 Å². The quantitative estimate of drug-likeness (QED) is 0.432. The molecular weight excluding hydrogens is 392 g/mol. The Morgan fingerprint density at radius 3 is 2.48 bits per heavy atom. The molecule has 4 aromatic rings. The minimum absolute atomic E-state index is 0.000223. The van der Waals surface area contributed by atoms with Gasteiger partial charge in [-0.2, -0.15) is 10.5 Å². The summed E-state index contributed by atoms with van der Waals surface area (Å²) in [6.45, 7) is 0.370. The van der Waals surface area contributed by atoms with Gasteiger partial charge in [0.2, 0.25) is 0 Å². The van der Waals surface area contributed by atoms with E-state index in [1.807, 2.05) is 24.3 Å². The van der Waals surface area contributed by atoms with Gasteiger partial charge in [-0.3, -0.25) is 9.20 Å². The topological polar surface area (TPSA) is 140 Å². The number of benzene rings is 2. The fraction of sp³-hybridized carbons (Fsp3) is 0.130. The lowest BCUT2D eigenvalue weighted by molar-refractivity contribution is 0.0951. The van der Waals surface area contributed by atoms with Crippen LogP contribution in [0.15, 0.2) is 48.5 Å². The van der Waals surface area contributed by atoms with Crippen LogP contribution in [-0.2, 0) is 0 Å². The number of nitrogens with zero attached hydrogens (tertiary/aromatic N) is 4. The second kappa shape index (κ2) is 8.15. The molecule has 0 saturated carbocycles. The van der Waals surface area contributed by atoms with Gasteiger partial charge in [-0.05, 0) is 36.2 Å². The number of amides is 1. The van der Waals surface area contributed by atoms with Gasteiger partial charge in [-0.1, -0.05) is 24.3 Å². The normalized spacial score (nSPS) is 10.7. The summed E-state index contributed by atoms with van der Waals surface area (Å²) < 4.78 is 1.62. The van der Waals surface area contributed by atoms with Crippen LogP contribution in [0.4, 0.5) is 5.82 Å². The van der Waals surface area contributed by atoms with Crippen LogP contribution >= 0.6 is 0 Å². The predicted octanol–water partition coefficient (Wildman–Crippen LogP) is 2.59. The van der Waals surface area contributed by atoms with Crippen LogP contribution in [0.3, 0.4) is 0 Å². The third-order valence-electron chi connectivity index (χ3n) is 5.06. The molecule has 0 unspecified atom stereocenters. The molecule has 1 amide bonds. The van der Waals surface area contributed by atoms with E-state index in [2.05, 4.69) is 22.4 Å². The lowest BCUT2D eigenvalue weighted by atomic mass is 9.95. The molecule has 0 spiro atoms. The number of nitrogen functional groups attached to an aromatic ring is 1. The van der Waals surface area contributed by atoms with Crippen molar-refractivity contribution in [1.82, 2.24) is 14.7 Å². The van der Waals surface area contributed by atoms with E-state index >= 15 is 0 Å². The molecule has 0 saturated heterocycles. The molecule has 2 aromatic heterocycles. The van der Waals surface area contributed by atoms with Gasteiger partial charge >= 0.3 is 0 Å². The number of nitriles is 2. The largest absolute Gasteiger partial charge is 0.396 e. The number of aliphatic hydroxyl groups excluding tert-OH is 1. The number of nitrogens with one attached hydrogen (secondary N) is 1. The average Bonchev–Trinajstić information content (AvgIpc) is 3.19. The number of anilines is 1. The first-order valence-corrected chi connectivity index (χ1v) is 9.63. The van der Waals surface area contributed by atoms with E-state index in [0.29, 0.717) is 46.3 Å². The SMILES string of the molecule is N#Cc1c(-c2ccc(C(=O)NCCCO)cc2)c(C#N)c2nc3ccccc3n2c1N. The number of hydrogen-bond acceptors (Lipinski definition) is 6. The Kier molecular flexibility index (Phi) is 5.23. The first-order valence-electron chi connectivity index (χ1n) is 9.63. The summed E-state index contributed by atoms with van der Waals surface area (Å²) in [5.74, 6) is -0.0680. The Morgan fingerprint density at radius 2 is 1.81 bits per heavy atom. The molecule has 4 N–H and O–H groups in total. The van der Waals surface area contributed by atoms with Crippen LogP contribution in [-0.4, -0.2) is 33.6 Å². The predicted molar refractivity (Wildman–Crippen MR) is 116 cm³/mol. The molecule has 0 bridgehead atoms. The maximum Gasteiger partial charge on any atom is 0.251 e. The van der Waals surface area contributed by atoms with Gasteiger partial charge < -0.3 is 16.2 Å². The van der Waals surface area contributed by atoms with Crippen molar-refractivity contribution in [3.63, 3.8) is 0 Å². The minimum Gasteiger partial charge on any atom is -0.396 e. The highest BCUT2D eigenvalue weighted by Crippen LogP contribution is 2.35. The highest BCUT2D eigenvalue weighted by atomic mass is 16.3.